The Morgan fingerprint density at radius 1 is 0.679 bits per heavy atom. The van der Waals surface area contributed by atoms with Gasteiger partial charge >= 0.3 is 0 Å². The molecule has 28 heavy (non-hydrogen) atoms. The normalized spacial score (nSPS) is 20.4. The second kappa shape index (κ2) is 9.18. The highest BCUT2D eigenvalue weighted by molar-refractivity contribution is 7.90. The van der Waals surface area contributed by atoms with Crippen molar-refractivity contribution in [1.29, 1.82) is 0 Å². The van der Waals surface area contributed by atoms with Gasteiger partial charge in [-0.1, -0.05) is 61.7 Å². The number of hydrogen-bond acceptors (Lipinski definition) is 4. The summed E-state index contributed by atoms with van der Waals surface area (Å²) in [5, 5.41) is -0.312. The van der Waals surface area contributed by atoms with Crippen molar-refractivity contribution in [2.75, 3.05) is 0 Å². The molecule has 0 aliphatic heterocycles. The number of rotatable bonds is 6. The first kappa shape index (κ1) is 22.3. The molecule has 0 atom stereocenters. The maximum absolute atomic E-state index is 12.9. The van der Waals surface area contributed by atoms with Crippen LogP contribution in [0.4, 0.5) is 0 Å². The molecule has 0 unspecified atom stereocenters. The van der Waals surface area contributed by atoms with Gasteiger partial charge in [-0.2, -0.15) is 0 Å². The molecule has 0 bridgehead atoms. The van der Waals surface area contributed by atoms with Gasteiger partial charge in [0.2, 0.25) is 20.0 Å². The van der Waals surface area contributed by atoms with E-state index in [0.29, 0.717) is 0 Å². The zero-order valence-electron chi connectivity index (χ0n) is 15.6. The van der Waals surface area contributed by atoms with E-state index in [4.69, 9.17) is 23.2 Å². The van der Waals surface area contributed by atoms with Gasteiger partial charge in [-0.3, -0.25) is 0 Å². The second-order valence-electron chi connectivity index (χ2n) is 7.63. The van der Waals surface area contributed by atoms with Crippen molar-refractivity contribution in [1.82, 2.24) is 9.44 Å². The lowest BCUT2D eigenvalue weighted by atomic mass is 9.96. The Morgan fingerprint density at radius 2 is 1.04 bits per heavy atom. The summed E-state index contributed by atoms with van der Waals surface area (Å²) in [7, 11) is -7.98. The van der Waals surface area contributed by atoms with Gasteiger partial charge in [-0.25, -0.2) is 26.3 Å². The number of benzene rings is 1. The third-order valence-electron chi connectivity index (χ3n) is 5.40. The number of sulfonamides is 2. The SMILES string of the molecule is O=S(=O)(NC1CCCCC1)c1cc(Cl)cc(S(=O)(=O)NC2CCCCC2)c1Cl. The van der Waals surface area contributed by atoms with Crippen LogP contribution in [-0.4, -0.2) is 28.9 Å². The first-order valence-electron chi connectivity index (χ1n) is 9.73. The van der Waals surface area contributed by atoms with Gasteiger partial charge in [-0.15, -0.1) is 0 Å². The standard InChI is InChI=1S/C18H26Cl2N2O4S2/c19-13-11-16(27(23,24)21-14-7-3-1-4-8-14)18(20)17(12-13)28(25,26)22-15-9-5-2-6-10-15/h11-12,14-15,21-22H,1-10H2. The molecule has 2 saturated carbocycles. The summed E-state index contributed by atoms with van der Waals surface area (Å²) in [5.74, 6) is 0. The minimum Gasteiger partial charge on any atom is -0.208 e. The molecule has 0 heterocycles. The van der Waals surface area contributed by atoms with Crippen molar-refractivity contribution < 1.29 is 16.8 Å². The summed E-state index contributed by atoms with van der Waals surface area (Å²) in [6.07, 6.45) is 9.04. The zero-order chi connectivity index (χ0) is 20.4. The summed E-state index contributed by atoms with van der Waals surface area (Å²) >= 11 is 12.4. The first-order chi connectivity index (χ1) is 13.2. The summed E-state index contributed by atoms with van der Waals surface area (Å²) < 4.78 is 56.8. The molecule has 0 aromatic heterocycles. The second-order valence-corrected chi connectivity index (χ2v) is 11.8. The van der Waals surface area contributed by atoms with Crippen LogP contribution in [0.1, 0.15) is 64.2 Å². The van der Waals surface area contributed by atoms with E-state index in [9.17, 15) is 16.8 Å². The highest BCUT2D eigenvalue weighted by Crippen LogP contribution is 2.33. The molecule has 0 radical (unpaired) electrons. The highest BCUT2D eigenvalue weighted by Gasteiger charge is 2.30. The molecule has 3 rings (SSSR count). The molecule has 0 spiro atoms. The van der Waals surface area contributed by atoms with Gasteiger partial charge in [0.1, 0.15) is 9.79 Å². The van der Waals surface area contributed by atoms with Crippen molar-refractivity contribution in [3.05, 3.63) is 22.2 Å². The highest BCUT2D eigenvalue weighted by atomic mass is 35.5. The van der Waals surface area contributed by atoms with Crippen LogP contribution in [0.15, 0.2) is 21.9 Å². The number of hydrogen-bond donors (Lipinski definition) is 2. The first-order valence-corrected chi connectivity index (χ1v) is 13.4. The van der Waals surface area contributed by atoms with Crippen LogP contribution in [0.5, 0.6) is 0 Å². The molecule has 2 N–H and O–H groups in total. The Morgan fingerprint density at radius 3 is 1.39 bits per heavy atom. The van der Waals surface area contributed by atoms with Crippen LogP contribution in [0, 0.1) is 0 Å². The maximum Gasteiger partial charge on any atom is 0.242 e. The Labute approximate surface area is 177 Å². The van der Waals surface area contributed by atoms with E-state index in [1.165, 1.54) is 12.1 Å². The molecule has 158 valence electrons. The van der Waals surface area contributed by atoms with Gasteiger partial charge in [0.25, 0.3) is 0 Å². The fourth-order valence-corrected chi connectivity index (χ4v) is 7.93. The molecule has 0 saturated heterocycles. The molecule has 2 fully saturated rings. The molecule has 1 aromatic rings. The summed E-state index contributed by atoms with van der Waals surface area (Å²) in [4.78, 5) is -0.590. The number of nitrogens with one attached hydrogen (secondary N) is 2. The van der Waals surface area contributed by atoms with Crippen molar-refractivity contribution in [3.63, 3.8) is 0 Å². The minimum absolute atomic E-state index is 0.0115. The van der Waals surface area contributed by atoms with E-state index in [1.807, 2.05) is 0 Å². The average Bonchev–Trinajstić information content (AvgIpc) is 2.64. The van der Waals surface area contributed by atoms with E-state index < -0.39 is 20.0 Å². The van der Waals surface area contributed by atoms with E-state index in [2.05, 4.69) is 9.44 Å². The lowest BCUT2D eigenvalue weighted by Gasteiger charge is -2.24. The van der Waals surface area contributed by atoms with Crippen molar-refractivity contribution in [2.45, 2.75) is 86.1 Å². The third kappa shape index (κ3) is 5.40. The van der Waals surface area contributed by atoms with E-state index in [1.54, 1.807) is 0 Å². The lowest BCUT2D eigenvalue weighted by molar-refractivity contribution is 0.412. The fraction of sp³-hybridized carbons (Fsp3) is 0.667. The monoisotopic (exact) mass is 468 g/mol. The maximum atomic E-state index is 12.9. The van der Waals surface area contributed by atoms with Crippen LogP contribution < -0.4 is 9.44 Å². The third-order valence-corrected chi connectivity index (χ3v) is 9.34. The summed E-state index contributed by atoms with van der Waals surface area (Å²) in [6, 6.07) is 2.06. The van der Waals surface area contributed by atoms with Gasteiger partial charge in [0.05, 0.1) is 5.02 Å². The van der Waals surface area contributed by atoms with Crippen LogP contribution in [-0.2, 0) is 20.0 Å². The predicted molar refractivity (Wildman–Crippen MR) is 111 cm³/mol. The van der Waals surface area contributed by atoms with Crippen LogP contribution in [0.3, 0.4) is 0 Å². The quantitative estimate of drug-likeness (QED) is 0.653. The summed E-state index contributed by atoms with van der Waals surface area (Å²) in [6.45, 7) is 0. The number of halogens is 2. The molecule has 1 aromatic carbocycles. The van der Waals surface area contributed by atoms with Crippen molar-refractivity contribution >= 4 is 43.2 Å². The smallest absolute Gasteiger partial charge is 0.208 e. The van der Waals surface area contributed by atoms with Gasteiger partial charge < -0.3 is 0 Å². The van der Waals surface area contributed by atoms with Gasteiger partial charge in [0, 0.05) is 17.1 Å². The van der Waals surface area contributed by atoms with E-state index >= 15 is 0 Å². The topological polar surface area (TPSA) is 92.3 Å². The molecular formula is C18H26Cl2N2O4S2. The van der Waals surface area contributed by atoms with Crippen LogP contribution >= 0.6 is 23.2 Å². The van der Waals surface area contributed by atoms with Crippen LogP contribution in [0.2, 0.25) is 10.0 Å². The fourth-order valence-electron chi connectivity index (χ4n) is 3.94. The lowest BCUT2D eigenvalue weighted by Crippen LogP contribution is -2.37. The van der Waals surface area contributed by atoms with E-state index in [-0.39, 0.29) is 31.9 Å². The Balaban J connectivity index is 1.90. The van der Waals surface area contributed by atoms with Gasteiger partial charge in [0.15, 0.2) is 0 Å². The van der Waals surface area contributed by atoms with Gasteiger partial charge in [-0.05, 0) is 37.8 Å². The molecule has 2 aliphatic rings. The predicted octanol–water partition coefficient (Wildman–Crippen LogP) is 4.22. The van der Waals surface area contributed by atoms with Crippen LogP contribution in [0.25, 0.3) is 0 Å². The van der Waals surface area contributed by atoms with Crippen molar-refractivity contribution in [2.24, 2.45) is 0 Å². The average molecular weight is 469 g/mol. The minimum atomic E-state index is -3.99. The molecule has 6 nitrogen and oxygen atoms in total. The molecule has 10 heteroatoms. The van der Waals surface area contributed by atoms with Crippen molar-refractivity contribution in [3.8, 4) is 0 Å². The molecule has 0 amide bonds. The zero-order valence-corrected chi connectivity index (χ0v) is 18.7. The molecule has 2 aliphatic carbocycles. The Kier molecular flexibility index (Phi) is 7.32. The van der Waals surface area contributed by atoms with E-state index in [0.717, 1.165) is 64.2 Å². The Hall–Kier alpha value is -0.380. The molecular weight excluding hydrogens is 443 g/mol. The Bertz CT molecular complexity index is 837. The summed E-state index contributed by atoms with van der Waals surface area (Å²) in [5.41, 5.74) is 0. The largest absolute Gasteiger partial charge is 0.242 e.